The van der Waals surface area contributed by atoms with Gasteiger partial charge in [0.05, 0.1) is 5.69 Å². The maximum absolute atomic E-state index is 6.32. The van der Waals surface area contributed by atoms with Crippen molar-refractivity contribution >= 4 is 61.5 Å². The lowest BCUT2D eigenvalue weighted by molar-refractivity contribution is 0.637. The molecule has 0 radical (unpaired) electrons. The molecular formula is C43H32N2O. The van der Waals surface area contributed by atoms with Gasteiger partial charge in [-0.05, 0) is 87.8 Å². The quantitative estimate of drug-likeness (QED) is 0.209. The van der Waals surface area contributed by atoms with Crippen molar-refractivity contribution in [2.45, 2.75) is 6.92 Å². The fourth-order valence-corrected chi connectivity index (χ4v) is 6.57. The number of furan rings is 1. The summed E-state index contributed by atoms with van der Waals surface area (Å²) >= 11 is 0. The molecule has 0 fully saturated rings. The molecule has 0 saturated carbocycles. The Morgan fingerprint density at radius 1 is 0.543 bits per heavy atom. The van der Waals surface area contributed by atoms with E-state index in [2.05, 4.69) is 157 Å². The molecule has 1 heterocycles. The minimum absolute atomic E-state index is 0.432. The highest BCUT2D eigenvalue weighted by molar-refractivity contribution is 6.08. The fraction of sp³-hybridized carbons (Fsp3) is 0.0233. The van der Waals surface area contributed by atoms with Crippen molar-refractivity contribution in [1.82, 2.24) is 0 Å². The molecule has 1 aromatic heterocycles. The molecule has 8 aromatic rings. The standard InChI is InChI=1S/C43H32N2O/c1-2-11-38-40-27-33-17-10-21-41(39(33)28-42(40)46-43(38)44)45(35-18-8-16-32(26-35)29-12-4-3-5-13-29)34-24-22-31(23-25-34)37-20-9-15-30-14-6-7-19-36(30)37/h2-28H,44H2,1H3/b11-2-. The van der Waals surface area contributed by atoms with Gasteiger partial charge in [-0.25, -0.2) is 0 Å². The summed E-state index contributed by atoms with van der Waals surface area (Å²) in [6, 6.07) is 54.0. The molecule has 0 unspecified atom stereocenters. The average molecular weight is 593 g/mol. The predicted molar refractivity (Wildman–Crippen MR) is 196 cm³/mol. The molecule has 8 rings (SSSR count). The number of fused-ring (bicyclic) bond motifs is 3. The molecule has 0 bridgehead atoms. The number of hydrogen-bond donors (Lipinski definition) is 1. The maximum Gasteiger partial charge on any atom is 0.198 e. The Kier molecular flexibility index (Phi) is 6.85. The number of nitrogens with zero attached hydrogens (tertiary/aromatic N) is 1. The molecule has 7 aromatic carbocycles. The van der Waals surface area contributed by atoms with Gasteiger partial charge >= 0.3 is 0 Å². The third-order valence-electron chi connectivity index (χ3n) is 8.74. The summed E-state index contributed by atoms with van der Waals surface area (Å²) < 4.78 is 6.09. The van der Waals surface area contributed by atoms with Gasteiger partial charge in [0.2, 0.25) is 0 Å². The van der Waals surface area contributed by atoms with Crippen molar-refractivity contribution in [3.05, 3.63) is 163 Å². The van der Waals surface area contributed by atoms with E-state index in [0.717, 1.165) is 49.9 Å². The number of benzene rings is 7. The Balaban J connectivity index is 1.32. The SMILES string of the molecule is C/C=C\c1c(N)oc2cc3c(N(c4ccc(-c5cccc6ccccc56)cc4)c4cccc(-c5ccccc5)c4)cccc3cc12. The van der Waals surface area contributed by atoms with Gasteiger partial charge in [0, 0.05) is 27.7 Å². The van der Waals surface area contributed by atoms with E-state index in [0.29, 0.717) is 5.88 Å². The molecule has 46 heavy (non-hydrogen) atoms. The summed E-state index contributed by atoms with van der Waals surface area (Å²) in [5, 5.41) is 5.70. The Bertz CT molecular complexity index is 2380. The van der Waals surface area contributed by atoms with Crippen LogP contribution in [0, 0.1) is 0 Å². The first-order valence-corrected chi connectivity index (χ1v) is 15.6. The summed E-state index contributed by atoms with van der Waals surface area (Å²) in [4.78, 5) is 2.34. The van der Waals surface area contributed by atoms with E-state index in [4.69, 9.17) is 10.2 Å². The van der Waals surface area contributed by atoms with Gasteiger partial charge in [-0.3, -0.25) is 0 Å². The molecule has 0 spiro atoms. The summed E-state index contributed by atoms with van der Waals surface area (Å²) in [7, 11) is 0. The number of nitrogen functional groups attached to an aromatic ring is 1. The number of anilines is 4. The Hall–Kier alpha value is -6.06. The summed E-state index contributed by atoms with van der Waals surface area (Å²) in [6.45, 7) is 1.99. The van der Waals surface area contributed by atoms with E-state index < -0.39 is 0 Å². The van der Waals surface area contributed by atoms with E-state index in [9.17, 15) is 0 Å². The second kappa shape index (κ2) is 11.5. The highest BCUT2D eigenvalue weighted by atomic mass is 16.3. The van der Waals surface area contributed by atoms with Crippen LogP contribution in [-0.4, -0.2) is 0 Å². The first kappa shape index (κ1) is 27.5. The second-order valence-electron chi connectivity index (χ2n) is 11.6. The zero-order valence-corrected chi connectivity index (χ0v) is 25.5. The van der Waals surface area contributed by atoms with Crippen LogP contribution >= 0.6 is 0 Å². The summed E-state index contributed by atoms with van der Waals surface area (Å²) in [5.74, 6) is 0.432. The van der Waals surface area contributed by atoms with Crippen LogP contribution in [0.25, 0.3) is 60.8 Å². The molecule has 0 atom stereocenters. The Labute approximate surface area is 268 Å². The highest BCUT2D eigenvalue weighted by Crippen LogP contribution is 2.43. The number of allylic oxidation sites excluding steroid dienone is 1. The van der Waals surface area contributed by atoms with Crippen molar-refractivity contribution in [1.29, 1.82) is 0 Å². The molecule has 2 N–H and O–H groups in total. The minimum Gasteiger partial charge on any atom is -0.440 e. The van der Waals surface area contributed by atoms with Gasteiger partial charge in [-0.2, -0.15) is 0 Å². The van der Waals surface area contributed by atoms with E-state index in [-0.39, 0.29) is 0 Å². The molecule has 0 amide bonds. The summed E-state index contributed by atoms with van der Waals surface area (Å²) in [6.07, 6.45) is 4.00. The van der Waals surface area contributed by atoms with Gasteiger partial charge in [0.25, 0.3) is 0 Å². The fourth-order valence-electron chi connectivity index (χ4n) is 6.57. The first-order chi connectivity index (χ1) is 22.7. The van der Waals surface area contributed by atoms with Gasteiger partial charge in [0.15, 0.2) is 5.88 Å². The van der Waals surface area contributed by atoms with Crippen molar-refractivity contribution in [3.8, 4) is 22.3 Å². The van der Waals surface area contributed by atoms with Crippen LogP contribution < -0.4 is 10.6 Å². The van der Waals surface area contributed by atoms with Gasteiger partial charge < -0.3 is 15.1 Å². The number of nitrogens with two attached hydrogens (primary N) is 1. The van der Waals surface area contributed by atoms with E-state index in [1.54, 1.807) is 0 Å². The predicted octanol–water partition coefficient (Wildman–Crippen LogP) is 12.2. The van der Waals surface area contributed by atoms with E-state index >= 15 is 0 Å². The first-order valence-electron chi connectivity index (χ1n) is 15.6. The Morgan fingerprint density at radius 2 is 1.26 bits per heavy atom. The second-order valence-corrected chi connectivity index (χ2v) is 11.6. The van der Waals surface area contributed by atoms with Gasteiger partial charge in [0.1, 0.15) is 5.58 Å². The van der Waals surface area contributed by atoms with Crippen molar-refractivity contribution in [2.75, 3.05) is 10.6 Å². The minimum atomic E-state index is 0.432. The number of rotatable bonds is 6. The molecule has 3 heteroatoms. The number of hydrogen-bond acceptors (Lipinski definition) is 3. The van der Waals surface area contributed by atoms with Crippen LogP contribution in [0.15, 0.2) is 162 Å². The van der Waals surface area contributed by atoms with Crippen LogP contribution in [0.2, 0.25) is 0 Å². The van der Waals surface area contributed by atoms with Crippen LogP contribution in [-0.2, 0) is 0 Å². The normalized spacial score (nSPS) is 11.6. The molecule has 0 aliphatic carbocycles. The third kappa shape index (κ3) is 4.79. The zero-order chi connectivity index (χ0) is 31.0. The lowest BCUT2D eigenvalue weighted by Gasteiger charge is -2.27. The van der Waals surface area contributed by atoms with Crippen LogP contribution in [0.1, 0.15) is 12.5 Å². The lowest BCUT2D eigenvalue weighted by Crippen LogP contribution is -2.10. The average Bonchev–Trinajstić information content (AvgIpc) is 3.41. The van der Waals surface area contributed by atoms with E-state index in [1.807, 2.05) is 19.1 Å². The topological polar surface area (TPSA) is 42.4 Å². The smallest absolute Gasteiger partial charge is 0.198 e. The van der Waals surface area contributed by atoms with Crippen LogP contribution in [0.3, 0.4) is 0 Å². The molecule has 0 saturated heterocycles. The third-order valence-corrected chi connectivity index (χ3v) is 8.74. The Morgan fingerprint density at radius 3 is 2.11 bits per heavy atom. The summed E-state index contributed by atoms with van der Waals surface area (Å²) in [5.41, 5.74) is 16.0. The molecular weight excluding hydrogens is 560 g/mol. The molecule has 0 aliphatic rings. The molecule has 3 nitrogen and oxygen atoms in total. The van der Waals surface area contributed by atoms with Crippen LogP contribution in [0.5, 0.6) is 0 Å². The van der Waals surface area contributed by atoms with Crippen molar-refractivity contribution in [3.63, 3.8) is 0 Å². The molecule has 220 valence electrons. The largest absolute Gasteiger partial charge is 0.440 e. The van der Waals surface area contributed by atoms with E-state index in [1.165, 1.54) is 27.5 Å². The monoisotopic (exact) mass is 592 g/mol. The van der Waals surface area contributed by atoms with Crippen molar-refractivity contribution < 1.29 is 4.42 Å². The van der Waals surface area contributed by atoms with Gasteiger partial charge in [-0.15, -0.1) is 0 Å². The van der Waals surface area contributed by atoms with Crippen molar-refractivity contribution in [2.24, 2.45) is 0 Å². The van der Waals surface area contributed by atoms with Gasteiger partial charge in [-0.1, -0.05) is 121 Å². The zero-order valence-electron chi connectivity index (χ0n) is 25.5. The lowest BCUT2D eigenvalue weighted by atomic mass is 9.97. The maximum atomic E-state index is 6.32. The highest BCUT2D eigenvalue weighted by Gasteiger charge is 2.19. The van der Waals surface area contributed by atoms with Crippen LogP contribution in [0.4, 0.5) is 22.9 Å². The molecule has 0 aliphatic heterocycles.